The SMILES string of the molecule is Cc1cc(C(F)(F)F)ccc1CN1CCN2C(=O)C(=O)NCC2C1. The Morgan fingerprint density at radius 2 is 2.00 bits per heavy atom. The fraction of sp³-hybridized carbons (Fsp3) is 0.500. The van der Waals surface area contributed by atoms with Crippen LogP contribution in [0.15, 0.2) is 18.2 Å². The molecule has 0 bridgehead atoms. The second-order valence-corrected chi connectivity index (χ2v) is 6.24. The van der Waals surface area contributed by atoms with Crippen molar-refractivity contribution in [2.24, 2.45) is 0 Å². The average Bonchev–Trinajstić information content (AvgIpc) is 2.52. The molecule has 1 N–H and O–H groups in total. The highest BCUT2D eigenvalue weighted by molar-refractivity contribution is 6.35. The first-order chi connectivity index (χ1) is 11.3. The summed E-state index contributed by atoms with van der Waals surface area (Å²) in [5.74, 6) is -1.07. The molecule has 2 aliphatic heterocycles. The maximum Gasteiger partial charge on any atom is 0.416 e. The smallest absolute Gasteiger partial charge is 0.346 e. The van der Waals surface area contributed by atoms with E-state index in [9.17, 15) is 22.8 Å². The van der Waals surface area contributed by atoms with Crippen LogP contribution in [-0.4, -0.2) is 53.8 Å². The molecule has 24 heavy (non-hydrogen) atoms. The minimum atomic E-state index is -4.34. The summed E-state index contributed by atoms with van der Waals surface area (Å²) < 4.78 is 38.2. The van der Waals surface area contributed by atoms with Crippen LogP contribution in [0.3, 0.4) is 0 Å². The second kappa shape index (κ2) is 6.08. The molecule has 2 saturated heterocycles. The van der Waals surface area contributed by atoms with Gasteiger partial charge < -0.3 is 10.2 Å². The van der Waals surface area contributed by atoms with Crippen LogP contribution >= 0.6 is 0 Å². The number of nitrogens with zero attached hydrogens (tertiary/aromatic N) is 2. The van der Waals surface area contributed by atoms with Gasteiger partial charge in [-0.15, -0.1) is 0 Å². The van der Waals surface area contributed by atoms with Gasteiger partial charge in [-0.25, -0.2) is 0 Å². The number of carbonyl (C=O) groups excluding carboxylic acids is 2. The van der Waals surface area contributed by atoms with E-state index >= 15 is 0 Å². The average molecular weight is 341 g/mol. The summed E-state index contributed by atoms with van der Waals surface area (Å²) in [6, 6.07) is 3.69. The van der Waals surface area contributed by atoms with Crippen molar-refractivity contribution in [3.63, 3.8) is 0 Å². The summed E-state index contributed by atoms with van der Waals surface area (Å²) in [7, 11) is 0. The molecule has 1 unspecified atom stereocenters. The maximum absolute atomic E-state index is 12.7. The number of alkyl halides is 3. The molecule has 130 valence electrons. The molecule has 0 radical (unpaired) electrons. The van der Waals surface area contributed by atoms with E-state index in [4.69, 9.17) is 0 Å². The molecule has 1 atom stereocenters. The first-order valence-corrected chi connectivity index (χ1v) is 7.73. The third-order valence-electron chi connectivity index (χ3n) is 4.58. The van der Waals surface area contributed by atoms with E-state index in [0.29, 0.717) is 38.3 Å². The van der Waals surface area contributed by atoms with Crippen molar-refractivity contribution >= 4 is 11.8 Å². The zero-order valence-electron chi connectivity index (χ0n) is 13.2. The molecule has 0 spiro atoms. The number of hydrogen-bond donors (Lipinski definition) is 1. The minimum Gasteiger partial charge on any atom is -0.346 e. The van der Waals surface area contributed by atoms with Crippen molar-refractivity contribution in [1.29, 1.82) is 0 Å². The van der Waals surface area contributed by atoms with Crippen LogP contribution in [-0.2, 0) is 22.3 Å². The standard InChI is InChI=1S/C16H18F3N3O2/c1-10-6-12(16(17,18)19)3-2-11(10)8-21-4-5-22-13(9-21)7-20-14(23)15(22)24/h2-3,6,13H,4-5,7-9H2,1H3,(H,20,23). The van der Waals surface area contributed by atoms with Crippen molar-refractivity contribution < 1.29 is 22.8 Å². The molecule has 1 aromatic rings. The number of piperazine rings is 2. The summed E-state index contributed by atoms with van der Waals surface area (Å²) in [5, 5.41) is 2.57. The number of nitrogens with one attached hydrogen (secondary N) is 1. The van der Waals surface area contributed by atoms with Crippen molar-refractivity contribution in [3.05, 3.63) is 34.9 Å². The number of carbonyl (C=O) groups is 2. The van der Waals surface area contributed by atoms with E-state index in [1.54, 1.807) is 11.8 Å². The molecule has 2 amide bonds. The number of halogens is 3. The van der Waals surface area contributed by atoms with Crippen molar-refractivity contribution in [3.8, 4) is 0 Å². The molecule has 3 rings (SSSR count). The highest BCUT2D eigenvalue weighted by Gasteiger charge is 2.37. The zero-order chi connectivity index (χ0) is 17.5. The lowest BCUT2D eigenvalue weighted by atomic mass is 10.0. The molecule has 2 heterocycles. The third kappa shape index (κ3) is 3.24. The molecular weight excluding hydrogens is 323 g/mol. The van der Waals surface area contributed by atoms with Gasteiger partial charge in [-0.3, -0.25) is 14.5 Å². The first kappa shape index (κ1) is 16.8. The number of aryl methyl sites for hydroxylation is 1. The van der Waals surface area contributed by atoms with Gasteiger partial charge in [-0.2, -0.15) is 13.2 Å². The van der Waals surface area contributed by atoms with Crippen LogP contribution in [0.4, 0.5) is 13.2 Å². The Labute approximate surface area is 137 Å². The van der Waals surface area contributed by atoms with Gasteiger partial charge >= 0.3 is 18.0 Å². The largest absolute Gasteiger partial charge is 0.416 e. The number of fused-ring (bicyclic) bond motifs is 1. The summed E-state index contributed by atoms with van der Waals surface area (Å²) in [4.78, 5) is 26.8. The van der Waals surface area contributed by atoms with Gasteiger partial charge in [0.1, 0.15) is 0 Å². The molecule has 0 aliphatic carbocycles. The molecular formula is C16H18F3N3O2. The molecule has 0 aromatic heterocycles. The highest BCUT2D eigenvalue weighted by atomic mass is 19.4. The normalized spacial score (nSPS) is 22.3. The number of hydrogen-bond acceptors (Lipinski definition) is 3. The lowest BCUT2D eigenvalue weighted by Gasteiger charge is -2.43. The van der Waals surface area contributed by atoms with Gasteiger partial charge in [-0.05, 0) is 30.2 Å². The number of benzene rings is 1. The van der Waals surface area contributed by atoms with E-state index in [1.807, 2.05) is 0 Å². The second-order valence-electron chi connectivity index (χ2n) is 6.24. The lowest BCUT2D eigenvalue weighted by molar-refractivity contribution is -0.152. The van der Waals surface area contributed by atoms with Crippen LogP contribution in [0.5, 0.6) is 0 Å². The summed E-state index contributed by atoms with van der Waals surface area (Å²) in [6.45, 7) is 4.24. The lowest BCUT2D eigenvalue weighted by Crippen LogP contribution is -2.65. The van der Waals surface area contributed by atoms with Gasteiger partial charge in [0.15, 0.2) is 0 Å². The van der Waals surface area contributed by atoms with Gasteiger partial charge in [-0.1, -0.05) is 6.07 Å². The molecule has 1 aromatic carbocycles. The summed E-state index contributed by atoms with van der Waals surface area (Å²) in [5.41, 5.74) is 0.789. The van der Waals surface area contributed by atoms with Crippen molar-refractivity contribution in [2.75, 3.05) is 26.2 Å². The Bertz CT molecular complexity index is 675. The molecule has 2 aliphatic rings. The van der Waals surface area contributed by atoms with Gasteiger partial charge in [0, 0.05) is 32.7 Å². The van der Waals surface area contributed by atoms with Crippen LogP contribution in [0.1, 0.15) is 16.7 Å². The van der Waals surface area contributed by atoms with Crippen LogP contribution in [0.2, 0.25) is 0 Å². The topological polar surface area (TPSA) is 52.7 Å². The van der Waals surface area contributed by atoms with E-state index in [-0.39, 0.29) is 6.04 Å². The van der Waals surface area contributed by atoms with E-state index < -0.39 is 23.6 Å². The van der Waals surface area contributed by atoms with Crippen LogP contribution in [0.25, 0.3) is 0 Å². The fourth-order valence-electron chi connectivity index (χ4n) is 3.21. The Morgan fingerprint density at radius 3 is 2.67 bits per heavy atom. The maximum atomic E-state index is 12.7. The number of rotatable bonds is 2. The molecule has 2 fully saturated rings. The molecule has 8 heteroatoms. The predicted octanol–water partition coefficient (Wildman–Crippen LogP) is 1.16. The summed E-state index contributed by atoms with van der Waals surface area (Å²) >= 11 is 0. The van der Waals surface area contributed by atoms with Gasteiger partial charge in [0.05, 0.1) is 11.6 Å². The monoisotopic (exact) mass is 341 g/mol. The van der Waals surface area contributed by atoms with Crippen LogP contribution < -0.4 is 5.32 Å². The molecule has 5 nitrogen and oxygen atoms in total. The molecule has 0 saturated carbocycles. The Balaban J connectivity index is 1.68. The summed E-state index contributed by atoms with van der Waals surface area (Å²) in [6.07, 6.45) is -4.34. The predicted molar refractivity (Wildman–Crippen MR) is 80.0 cm³/mol. The van der Waals surface area contributed by atoms with Gasteiger partial charge in [0.25, 0.3) is 0 Å². The van der Waals surface area contributed by atoms with Crippen molar-refractivity contribution in [1.82, 2.24) is 15.1 Å². The van der Waals surface area contributed by atoms with E-state index in [0.717, 1.165) is 17.7 Å². The Morgan fingerprint density at radius 1 is 1.25 bits per heavy atom. The van der Waals surface area contributed by atoms with Gasteiger partial charge in [0.2, 0.25) is 0 Å². The minimum absolute atomic E-state index is 0.0845. The van der Waals surface area contributed by atoms with Crippen molar-refractivity contribution in [2.45, 2.75) is 25.7 Å². The first-order valence-electron chi connectivity index (χ1n) is 7.73. The van der Waals surface area contributed by atoms with E-state index in [1.165, 1.54) is 6.07 Å². The Kier molecular flexibility index (Phi) is 4.25. The van der Waals surface area contributed by atoms with Crippen LogP contribution in [0, 0.1) is 6.92 Å². The quantitative estimate of drug-likeness (QED) is 0.822. The van der Waals surface area contributed by atoms with E-state index in [2.05, 4.69) is 10.2 Å². The fourth-order valence-corrected chi connectivity index (χ4v) is 3.21. The zero-order valence-corrected chi connectivity index (χ0v) is 13.2. The number of amides is 2. The Hall–Kier alpha value is -2.09. The third-order valence-corrected chi connectivity index (χ3v) is 4.58. The highest BCUT2D eigenvalue weighted by Crippen LogP contribution is 2.30.